The van der Waals surface area contributed by atoms with Crippen LogP contribution in [0.25, 0.3) is 0 Å². The summed E-state index contributed by atoms with van der Waals surface area (Å²) in [5, 5.41) is 10.6. The van der Waals surface area contributed by atoms with Gasteiger partial charge in [-0.1, -0.05) is 0 Å². The lowest BCUT2D eigenvalue weighted by Crippen LogP contribution is -2.40. The maximum absolute atomic E-state index is 12.5. The van der Waals surface area contributed by atoms with E-state index in [0.717, 1.165) is 28.6 Å². The second-order valence-electron chi connectivity index (χ2n) is 5.84. The fourth-order valence-electron chi connectivity index (χ4n) is 2.55. The molecule has 1 aliphatic heterocycles. The number of carboxylic acid groups (broad SMARTS) is 1. The van der Waals surface area contributed by atoms with Crippen LogP contribution in [-0.2, 0) is 14.8 Å². The maximum Gasteiger partial charge on any atom is 0.405 e. The van der Waals surface area contributed by atoms with Gasteiger partial charge in [-0.2, -0.15) is 17.5 Å². The molecule has 0 saturated carbocycles. The minimum absolute atomic E-state index is 0.0626. The van der Waals surface area contributed by atoms with E-state index in [-0.39, 0.29) is 36.4 Å². The van der Waals surface area contributed by atoms with E-state index in [1.165, 1.54) is 0 Å². The number of hydrogen-bond donors (Lipinski definition) is 2. The number of sulfonamides is 1. The van der Waals surface area contributed by atoms with E-state index in [2.05, 4.69) is 0 Å². The van der Waals surface area contributed by atoms with Crippen molar-refractivity contribution in [3.05, 3.63) is 29.8 Å². The number of carbonyl (C=O) groups is 2. The first-order chi connectivity index (χ1) is 12.0. The Hall–Kier alpha value is -2.14. The second kappa shape index (κ2) is 7.62. The van der Waals surface area contributed by atoms with E-state index in [0.29, 0.717) is 0 Å². The van der Waals surface area contributed by atoms with Crippen molar-refractivity contribution in [1.82, 2.24) is 9.62 Å². The van der Waals surface area contributed by atoms with Gasteiger partial charge in [-0.25, -0.2) is 8.42 Å². The van der Waals surface area contributed by atoms with Crippen LogP contribution in [0.5, 0.6) is 0 Å². The summed E-state index contributed by atoms with van der Waals surface area (Å²) in [5.41, 5.74) is -0.0993. The van der Waals surface area contributed by atoms with Gasteiger partial charge < -0.3 is 10.4 Å². The van der Waals surface area contributed by atoms with E-state index in [4.69, 9.17) is 5.11 Å². The molecule has 0 aromatic heterocycles. The molecule has 11 heteroatoms. The van der Waals surface area contributed by atoms with Crippen molar-refractivity contribution in [2.75, 3.05) is 19.6 Å². The smallest absolute Gasteiger partial charge is 0.405 e. The van der Waals surface area contributed by atoms with Crippen molar-refractivity contribution < 1.29 is 36.3 Å². The summed E-state index contributed by atoms with van der Waals surface area (Å²) in [6.45, 7) is -1.36. The highest BCUT2D eigenvalue weighted by molar-refractivity contribution is 7.89. The van der Waals surface area contributed by atoms with Crippen LogP contribution in [0.4, 0.5) is 13.2 Å². The molecule has 0 unspecified atom stereocenters. The van der Waals surface area contributed by atoms with Crippen LogP contribution in [-0.4, -0.2) is 55.5 Å². The summed E-state index contributed by atoms with van der Waals surface area (Å²) in [5.74, 6) is -2.51. The molecule has 0 spiro atoms. The van der Waals surface area contributed by atoms with E-state index in [1.807, 2.05) is 0 Å². The lowest BCUT2D eigenvalue weighted by Gasteiger charge is -2.29. The number of halogens is 3. The highest BCUT2D eigenvalue weighted by Crippen LogP contribution is 2.24. The topological polar surface area (TPSA) is 104 Å². The fraction of sp³-hybridized carbons (Fsp3) is 0.467. The molecule has 26 heavy (non-hydrogen) atoms. The van der Waals surface area contributed by atoms with Gasteiger partial charge in [0.05, 0.1) is 10.8 Å². The van der Waals surface area contributed by atoms with Crippen LogP contribution in [0, 0.1) is 5.92 Å². The number of alkyl halides is 3. The van der Waals surface area contributed by atoms with Crippen LogP contribution in [0.2, 0.25) is 0 Å². The number of hydrogen-bond acceptors (Lipinski definition) is 4. The molecule has 1 fully saturated rings. The Bertz CT molecular complexity index is 769. The number of amides is 1. The molecular weight excluding hydrogens is 377 g/mol. The number of aliphatic carboxylic acids is 1. The average molecular weight is 394 g/mol. The molecule has 0 atom stereocenters. The third kappa shape index (κ3) is 4.94. The summed E-state index contributed by atoms with van der Waals surface area (Å²) >= 11 is 0. The Kier molecular flexibility index (Phi) is 5.91. The molecule has 1 heterocycles. The van der Waals surface area contributed by atoms with E-state index >= 15 is 0 Å². The Morgan fingerprint density at radius 1 is 1.15 bits per heavy atom. The number of piperidine rings is 1. The van der Waals surface area contributed by atoms with Gasteiger partial charge in [-0.05, 0) is 37.1 Å². The predicted octanol–water partition coefficient (Wildman–Crippen LogP) is 1.46. The largest absolute Gasteiger partial charge is 0.481 e. The Labute approximate surface area is 147 Å². The lowest BCUT2D eigenvalue weighted by molar-refractivity contribution is -0.143. The second-order valence-corrected chi connectivity index (χ2v) is 7.78. The van der Waals surface area contributed by atoms with Gasteiger partial charge in [0, 0.05) is 18.7 Å². The quantitative estimate of drug-likeness (QED) is 0.787. The number of nitrogens with zero attached hydrogens (tertiary/aromatic N) is 1. The van der Waals surface area contributed by atoms with E-state index in [1.54, 1.807) is 5.32 Å². The van der Waals surface area contributed by atoms with Crippen LogP contribution >= 0.6 is 0 Å². The van der Waals surface area contributed by atoms with Crippen molar-refractivity contribution in [2.45, 2.75) is 23.9 Å². The summed E-state index contributed by atoms with van der Waals surface area (Å²) in [4.78, 5) is 22.4. The number of carbonyl (C=O) groups excluding carboxylic acids is 1. The van der Waals surface area contributed by atoms with Crippen molar-refractivity contribution in [2.24, 2.45) is 5.92 Å². The summed E-state index contributed by atoms with van der Waals surface area (Å²) in [6, 6.07) is 4.54. The van der Waals surface area contributed by atoms with Gasteiger partial charge in [0.15, 0.2) is 0 Å². The molecule has 1 aromatic carbocycles. The van der Waals surface area contributed by atoms with Crippen LogP contribution in [0.3, 0.4) is 0 Å². The van der Waals surface area contributed by atoms with Gasteiger partial charge in [-0.15, -0.1) is 0 Å². The summed E-state index contributed by atoms with van der Waals surface area (Å²) in [7, 11) is -3.86. The van der Waals surface area contributed by atoms with Crippen molar-refractivity contribution >= 4 is 21.9 Å². The van der Waals surface area contributed by atoms with Crippen molar-refractivity contribution in [3.8, 4) is 0 Å². The zero-order valence-electron chi connectivity index (χ0n) is 13.5. The molecule has 0 bridgehead atoms. The SMILES string of the molecule is O=C(NCC(F)(F)F)c1ccc(S(=O)(=O)N2CCC(C(=O)O)CC2)cc1. The van der Waals surface area contributed by atoms with Gasteiger partial charge >= 0.3 is 12.1 Å². The number of benzene rings is 1. The molecule has 0 aliphatic carbocycles. The monoisotopic (exact) mass is 394 g/mol. The van der Waals surface area contributed by atoms with Crippen LogP contribution in [0.1, 0.15) is 23.2 Å². The summed E-state index contributed by atoms with van der Waals surface area (Å²) in [6.07, 6.45) is -4.14. The minimum Gasteiger partial charge on any atom is -0.481 e. The molecule has 0 radical (unpaired) electrons. The number of carboxylic acids is 1. The third-order valence-corrected chi connectivity index (χ3v) is 5.92. The van der Waals surface area contributed by atoms with E-state index < -0.39 is 40.5 Å². The highest BCUT2D eigenvalue weighted by atomic mass is 32.2. The minimum atomic E-state index is -4.54. The van der Waals surface area contributed by atoms with Crippen molar-refractivity contribution in [1.29, 1.82) is 0 Å². The first-order valence-electron chi connectivity index (χ1n) is 7.68. The van der Waals surface area contributed by atoms with Crippen LogP contribution in [0.15, 0.2) is 29.2 Å². The maximum atomic E-state index is 12.5. The van der Waals surface area contributed by atoms with Crippen molar-refractivity contribution in [3.63, 3.8) is 0 Å². The number of nitrogens with one attached hydrogen (secondary N) is 1. The molecule has 2 rings (SSSR count). The average Bonchev–Trinajstić information content (AvgIpc) is 2.59. The fourth-order valence-corrected chi connectivity index (χ4v) is 4.02. The molecule has 7 nitrogen and oxygen atoms in total. The summed E-state index contributed by atoms with van der Waals surface area (Å²) < 4.78 is 62.5. The Morgan fingerprint density at radius 2 is 1.69 bits per heavy atom. The zero-order chi connectivity index (χ0) is 19.5. The zero-order valence-corrected chi connectivity index (χ0v) is 14.3. The van der Waals surface area contributed by atoms with Gasteiger partial charge in [0.25, 0.3) is 5.91 Å². The van der Waals surface area contributed by atoms with Gasteiger partial charge in [0.1, 0.15) is 6.54 Å². The molecular formula is C15H17F3N2O5S. The lowest BCUT2D eigenvalue weighted by atomic mass is 9.99. The highest BCUT2D eigenvalue weighted by Gasteiger charge is 2.32. The first-order valence-corrected chi connectivity index (χ1v) is 9.12. The molecule has 1 aromatic rings. The number of rotatable bonds is 5. The Balaban J connectivity index is 2.05. The van der Waals surface area contributed by atoms with Gasteiger partial charge in [0.2, 0.25) is 10.0 Å². The Morgan fingerprint density at radius 3 is 2.15 bits per heavy atom. The molecule has 1 aliphatic rings. The normalized spacial score (nSPS) is 17.0. The first kappa shape index (κ1) is 20.2. The molecule has 1 saturated heterocycles. The van der Waals surface area contributed by atoms with Crippen LogP contribution < -0.4 is 5.32 Å². The predicted molar refractivity (Wildman–Crippen MR) is 83.9 cm³/mol. The molecule has 2 N–H and O–H groups in total. The molecule has 1 amide bonds. The van der Waals surface area contributed by atoms with Gasteiger partial charge in [-0.3, -0.25) is 9.59 Å². The van der Waals surface area contributed by atoms with E-state index in [9.17, 15) is 31.2 Å². The standard InChI is InChI=1S/C15H17F3N2O5S/c16-15(17,18)9-19-13(21)10-1-3-12(4-2-10)26(24,25)20-7-5-11(6-8-20)14(22)23/h1-4,11H,5-9H2,(H,19,21)(H,22,23). The molecule has 144 valence electrons. The third-order valence-electron chi connectivity index (χ3n) is 4.01.